The Morgan fingerprint density at radius 3 is 1.57 bits per heavy atom. The summed E-state index contributed by atoms with van der Waals surface area (Å²) >= 11 is 0. The quantitative estimate of drug-likeness (QED) is 0.594. The molecule has 0 aliphatic rings. The van der Waals surface area contributed by atoms with Gasteiger partial charge in [-0.25, -0.2) is 4.79 Å². The van der Waals surface area contributed by atoms with Crippen LogP contribution in [0, 0.1) is 0 Å². The summed E-state index contributed by atoms with van der Waals surface area (Å²) < 4.78 is 0. The fraction of sp³-hybridized carbons (Fsp3) is 0.130. The van der Waals surface area contributed by atoms with Crippen molar-refractivity contribution >= 4 is 11.9 Å². The average Bonchev–Trinajstić information content (AvgIpc) is 2.72. The summed E-state index contributed by atoms with van der Waals surface area (Å²) in [6.07, 6.45) is 0. The highest BCUT2D eigenvalue weighted by atomic mass is 16.2. The van der Waals surface area contributed by atoms with Gasteiger partial charge in [0.05, 0.1) is 0 Å². The molecule has 142 valence electrons. The van der Waals surface area contributed by atoms with Crippen molar-refractivity contribution in [2.45, 2.75) is 12.0 Å². The minimum atomic E-state index is -0.865. The Morgan fingerprint density at radius 1 is 0.714 bits per heavy atom. The van der Waals surface area contributed by atoms with Crippen molar-refractivity contribution in [3.05, 3.63) is 108 Å². The van der Waals surface area contributed by atoms with E-state index in [-0.39, 0.29) is 5.92 Å². The monoisotopic (exact) mass is 373 g/mol. The van der Waals surface area contributed by atoms with Crippen molar-refractivity contribution < 1.29 is 9.59 Å². The molecule has 0 heterocycles. The Bertz CT molecular complexity index is 859. The van der Waals surface area contributed by atoms with E-state index < -0.39 is 18.0 Å². The molecular weight excluding hydrogens is 350 g/mol. The van der Waals surface area contributed by atoms with Crippen molar-refractivity contribution in [1.82, 2.24) is 10.6 Å². The van der Waals surface area contributed by atoms with Gasteiger partial charge in [0.1, 0.15) is 6.04 Å². The molecule has 0 saturated heterocycles. The lowest BCUT2D eigenvalue weighted by Gasteiger charge is -2.23. The number of amides is 3. The molecule has 0 aliphatic heterocycles. The molecule has 5 nitrogen and oxygen atoms in total. The molecule has 1 atom stereocenters. The smallest absolute Gasteiger partial charge is 0.318 e. The van der Waals surface area contributed by atoms with E-state index in [0.717, 1.165) is 16.7 Å². The van der Waals surface area contributed by atoms with Crippen LogP contribution in [0.25, 0.3) is 0 Å². The van der Waals surface area contributed by atoms with Crippen LogP contribution in [0.2, 0.25) is 0 Å². The summed E-state index contributed by atoms with van der Waals surface area (Å²) in [5, 5.41) is 5.50. The average molecular weight is 373 g/mol. The van der Waals surface area contributed by atoms with E-state index >= 15 is 0 Å². The molecule has 3 aromatic rings. The topological polar surface area (TPSA) is 84.2 Å². The molecule has 0 aliphatic carbocycles. The number of rotatable bonds is 7. The second-order valence-corrected chi connectivity index (χ2v) is 6.48. The molecule has 0 spiro atoms. The Balaban J connectivity index is 1.86. The van der Waals surface area contributed by atoms with Gasteiger partial charge in [0.15, 0.2) is 0 Å². The Kier molecular flexibility index (Phi) is 6.54. The zero-order chi connectivity index (χ0) is 19.8. The molecule has 5 heteroatoms. The number of carbonyl (C=O) groups is 2. The van der Waals surface area contributed by atoms with Crippen LogP contribution in [-0.4, -0.2) is 18.5 Å². The molecule has 4 N–H and O–H groups in total. The molecule has 3 aromatic carbocycles. The largest absolute Gasteiger partial charge is 0.351 e. The number of nitrogens with two attached hydrogens (primary N) is 1. The zero-order valence-corrected chi connectivity index (χ0v) is 15.4. The van der Waals surface area contributed by atoms with Crippen LogP contribution in [0.1, 0.15) is 28.7 Å². The van der Waals surface area contributed by atoms with E-state index in [2.05, 4.69) is 34.9 Å². The number of primary amides is 1. The molecule has 3 amide bonds. The highest BCUT2D eigenvalue weighted by Crippen LogP contribution is 2.25. The number of hydrogen-bond donors (Lipinski definition) is 3. The predicted molar refractivity (Wildman–Crippen MR) is 110 cm³/mol. The van der Waals surface area contributed by atoms with Crippen LogP contribution >= 0.6 is 0 Å². The third-order valence-electron chi connectivity index (χ3n) is 4.57. The second kappa shape index (κ2) is 9.48. The molecule has 0 unspecified atom stereocenters. The van der Waals surface area contributed by atoms with Crippen LogP contribution in [0.15, 0.2) is 91.0 Å². The first-order valence-corrected chi connectivity index (χ1v) is 9.13. The van der Waals surface area contributed by atoms with Crippen molar-refractivity contribution in [3.8, 4) is 0 Å². The third kappa shape index (κ3) is 5.05. The lowest BCUT2D eigenvalue weighted by Crippen LogP contribution is -2.43. The summed E-state index contributed by atoms with van der Waals surface area (Å²) in [7, 11) is 0. The van der Waals surface area contributed by atoms with Gasteiger partial charge >= 0.3 is 6.03 Å². The number of carbonyl (C=O) groups excluding carboxylic acids is 2. The number of nitrogens with one attached hydrogen (secondary N) is 2. The number of benzene rings is 3. The van der Waals surface area contributed by atoms with E-state index in [1.807, 2.05) is 66.7 Å². The van der Waals surface area contributed by atoms with Crippen LogP contribution in [-0.2, 0) is 4.79 Å². The predicted octanol–water partition coefficient (Wildman–Crippen LogP) is 3.34. The maximum absolute atomic E-state index is 12.6. The van der Waals surface area contributed by atoms with Gasteiger partial charge in [0, 0.05) is 12.5 Å². The molecule has 3 rings (SSSR count). The van der Waals surface area contributed by atoms with E-state index in [0.29, 0.717) is 6.54 Å². The SMILES string of the molecule is NC(=O)NC(=O)[C@H](NCC(c1ccccc1)c1ccccc1)c1ccccc1. The fourth-order valence-electron chi connectivity index (χ4n) is 3.24. The first-order valence-electron chi connectivity index (χ1n) is 9.13. The second-order valence-electron chi connectivity index (χ2n) is 6.48. The van der Waals surface area contributed by atoms with E-state index in [4.69, 9.17) is 5.73 Å². The Hall–Kier alpha value is -3.44. The number of imide groups is 1. The molecular formula is C23H23N3O2. The third-order valence-corrected chi connectivity index (χ3v) is 4.57. The van der Waals surface area contributed by atoms with Gasteiger partial charge in [0.25, 0.3) is 0 Å². The van der Waals surface area contributed by atoms with Crippen LogP contribution < -0.4 is 16.4 Å². The standard InChI is InChI=1S/C23H23N3O2/c24-23(28)26-22(27)21(19-14-8-3-9-15-19)25-16-20(17-10-4-1-5-11-17)18-12-6-2-7-13-18/h1-15,20-21,25H,16H2,(H3,24,26,27,28)/t21-/m1/s1. The summed E-state index contributed by atoms with van der Waals surface area (Å²) in [6.45, 7) is 0.514. The maximum Gasteiger partial charge on any atom is 0.318 e. The molecule has 28 heavy (non-hydrogen) atoms. The molecule has 0 aromatic heterocycles. The molecule has 0 saturated carbocycles. The Labute approximate surface area is 164 Å². The molecule has 0 bridgehead atoms. The lowest BCUT2D eigenvalue weighted by molar-refractivity contribution is -0.122. The summed E-state index contributed by atoms with van der Waals surface area (Å²) in [6, 6.07) is 28.0. The van der Waals surface area contributed by atoms with Gasteiger partial charge in [-0.1, -0.05) is 91.0 Å². The summed E-state index contributed by atoms with van der Waals surface area (Å²) in [5.41, 5.74) is 8.20. The van der Waals surface area contributed by atoms with Gasteiger partial charge in [-0.2, -0.15) is 0 Å². The number of hydrogen-bond acceptors (Lipinski definition) is 3. The van der Waals surface area contributed by atoms with Gasteiger partial charge in [-0.3, -0.25) is 10.1 Å². The summed E-state index contributed by atoms with van der Waals surface area (Å²) in [5.74, 6) is -0.423. The van der Waals surface area contributed by atoms with Gasteiger partial charge < -0.3 is 11.1 Å². The van der Waals surface area contributed by atoms with Crippen molar-refractivity contribution in [1.29, 1.82) is 0 Å². The van der Waals surface area contributed by atoms with E-state index in [9.17, 15) is 9.59 Å². The molecule has 0 fully saturated rings. The Morgan fingerprint density at radius 2 is 1.14 bits per heavy atom. The fourth-order valence-corrected chi connectivity index (χ4v) is 3.24. The normalized spacial score (nSPS) is 11.8. The van der Waals surface area contributed by atoms with Crippen molar-refractivity contribution in [3.63, 3.8) is 0 Å². The van der Waals surface area contributed by atoms with Crippen molar-refractivity contribution in [2.75, 3.05) is 6.54 Å². The van der Waals surface area contributed by atoms with Gasteiger partial charge in [-0.15, -0.1) is 0 Å². The minimum absolute atomic E-state index is 0.0509. The van der Waals surface area contributed by atoms with Gasteiger partial charge in [-0.05, 0) is 16.7 Å². The first-order chi connectivity index (χ1) is 13.6. The van der Waals surface area contributed by atoms with E-state index in [1.165, 1.54) is 0 Å². The minimum Gasteiger partial charge on any atom is -0.351 e. The lowest BCUT2D eigenvalue weighted by atomic mass is 9.90. The van der Waals surface area contributed by atoms with Gasteiger partial charge in [0.2, 0.25) is 5.91 Å². The van der Waals surface area contributed by atoms with Crippen LogP contribution in [0.3, 0.4) is 0 Å². The van der Waals surface area contributed by atoms with E-state index in [1.54, 1.807) is 0 Å². The highest BCUT2D eigenvalue weighted by Gasteiger charge is 2.23. The van der Waals surface area contributed by atoms with Crippen molar-refractivity contribution in [2.24, 2.45) is 5.73 Å². The first kappa shape index (κ1) is 19.3. The van der Waals surface area contributed by atoms with Crippen LogP contribution in [0.5, 0.6) is 0 Å². The number of urea groups is 1. The maximum atomic E-state index is 12.6. The molecule has 0 radical (unpaired) electrons. The highest BCUT2D eigenvalue weighted by molar-refractivity contribution is 5.96. The van der Waals surface area contributed by atoms with Crippen LogP contribution in [0.4, 0.5) is 4.79 Å². The zero-order valence-electron chi connectivity index (χ0n) is 15.4. The summed E-state index contributed by atoms with van der Waals surface area (Å²) in [4.78, 5) is 23.8.